The van der Waals surface area contributed by atoms with E-state index in [1.165, 1.54) is 42.5 Å². The molecule has 0 aliphatic heterocycles. The van der Waals surface area contributed by atoms with E-state index in [4.69, 9.17) is 16.3 Å². The molecule has 0 aliphatic carbocycles. The zero-order valence-electron chi connectivity index (χ0n) is 17.8. The molecule has 1 N–H and O–H groups in total. The Morgan fingerprint density at radius 3 is 2.17 bits per heavy atom. The van der Waals surface area contributed by atoms with Crippen molar-refractivity contribution in [2.75, 3.05) is 5.32 Å². The number of rotatable bonds is 8. The molecule has 1 amide bonds. The summed E-state index contributed by atoms with van der Waals surface area (Å²) in [6.45, 7) is 0. The predicted octanol–water partition coefficient (Wildman–Crippen LogP) is 6.99. The Balaban J connectivity index is 1.69. The average molecular weight is 510 g/mol. The maximum atomic E-state index is 14.9. The molecule has 0 fully saturated rings. The Bertz CT molecular complexity index is 1240. The largest absolute Gasteiger partial charge is 0.427 e. The van der Waals surface area contributed by atoms with Crippen molar-refractivity contribution in [1.82, 2.24) is 0 Å². The van der Waals surface area contributed by atoms with Crippen LogP contribution in [0.5, 0.6) is 5.75 Å². The molecule has 0 bridgehead atoms. The number of halogens is 6. The van der Waals surface area contributed by atoms with E-state index in [1.807, 2.05) is 0 Å². The van der Waals surface area contributed by atoms with E-state index in [9.17, 15) is 31.5 Å². The van der Waals surface area contributed by atoms with Gasteiger partial charge in [0.2, 0.25) is 6.41 Å². The minimum Gasteiger partial charge on any atom is -0.427 e. The van der Waals surface area contributed by atoms with Gasteiger partial charge in [-0.05, 0) is 66.1 Å². The van der Waals surface area contributed by atoms with Crippen molar-refractivity contribution in [2.45, 2.75) is 19.0 Å². The van der Waals surface area contributed by atoms with Gasteiger partial charge in [-0.2, -0.15) is 13.2 Å². The molecule has 0 heterocycles. The second-order valence-electron chi connectivity index (χ2n) is 7.27. The fourth-order valence-corrected chi connectivity index (χ4v) is 3.29. The van der Waals surface area contributed by atoms with Gasteiger partial charge < -0.3 is 10.1 Å². The first-order valence-electron chi connectivity index (χ1n) is 10.1. The van der Waals surface area contributed by atoms with Crippen molar-refractivity contribution in [3.63, 3.8) is 0 Å². The Kier molecular flexibility index (Phi) is 8.24. The van der Waals surface area contributed by atoms with Gasteiger partial charge in [0.25, 0.3) is 0 Å². The molecule has 0 radical (unpaired) electrons. The number of amides is 1. The van der Waals surface area contributed by atoms with Gasteiger partial charge in [-0.25, -0.2) is 8.78 Å². The highest BCUT2D eigenvalue weighted by Crippen LogP contribution is 2.40. The Morgan fingerprint density at radius 1 is 0.971 bits per heavy atom. The van der Waals surface area contributed by atoms with Gasteiger partial charge >= 0.3 is 12.1 Å². The Labute approximate surface area is 202 Å². The first kappa shape index (κ1) is 25.9. The average Bonchev–Trinajstić information content (AvgIpc) is 2.80. The zero-order chi connectivity index (χ0) is 25.6. The van der Waals surface area contributed by atoms with Gasteiger partial charge in [-0.1, -0.05) is 29.8 Å². The molecule has 0 aromatic heterocycles. The van der Waals surface area contributed by atoms with Crippen molar-refractivity contribution < 1.29 is 36.3 Å². The number of alkyl halides is 3. The first-order chi connectivity index (χ1) is 16.6. The second kappa shape index (κ2) is 11.1. The van der Waals surface area contributed by atoms with Gasteiger partial charge in [0.05, 0.1) is 11.3 Å². The van der Waals surface area contributed by atoms with Crippen LogP contribution < -0.4 is 10.1 Å². The number of allylic oxidation sites excluding steroid dienone is 1. The van der Waals surface area contributed by atoms with E-state index in [0.717, 1.165) is 24.3 Å². The molecular formula is C25H17ClF5NO3. The fraction of sp³-hybridized carbons (Fsp3) is 0.120. The van der Waals surface area contributed by atoms with Crippen LogP contribution in [0.25, 0.3) is 11.4 Å². The molecule has 0 spiro atoms. The van der Waals surface area contributed by atoms with E-state index in [2.05, 4.69) is 5.32 Å². The summed E-state index contributed by atoms with van der Waals surface area (Å²) in [5.41, 5.74) is -1.72. The number of aryl methyl sites for hydroxylation is 1. The number of anilines is 1. The lowest BCUT2D eigenvalue weighted by molar-refractivity contribution is -0.134. The molecule has 0 saturated heterocycles. The van der Waals surface area contributed by atoms with Crippen molar-refractivity contribution in [3.8, 4) is 5.75 Å². The van der Waals surface area contributed by atoms with Crippen LogP contribution in [0.4, 0.5) is 27.6 Å². The Morgan fingerprint density at radius 2 is 1.60 bits per heavy atom. The van der Waals surface area contributed by atoms with Crippen LogP contribution in [0.15, 0.2) is 66.7 Å². The van der Waals surface area contributed by atoms with Crippen molar-refractivity contribution in [1.29, 1.82) is 0 Å². The maximum Gasteiger partial charge on any atom is 0.419 e. The standard InChI is InChI=1S/C25H17ClF5NO3/c26-18-7-3-16(4-8-18)23(25(29,30)31)24(28)17-5-9-19(10-6-17)35-22(34)12-2-15-1-11-21(32-14-33)20(27)13-15/h1,3-11,13-14H,2,12H2,(H,32,33). The van der Waals surface area contributed by atoms with E-state index in [1.54, 1.807) is 0 Å². The number of hydrogen-bond donors (Lipinski definition) is 1. The number of carbonyl (C=O) groups is 2. The molecule has 35 heavy (non-hydrogen) atoms. The summed E-state index contributed by atoms with van der Waals surface area (Å²) in [5.74, 6) is -2.83. The zero-order valence-corrected chi connectivity index (χ0v) is 18.6. The molecule has 4 nitrogen and oxygen atoms in total. The molecule has 0 atom stereocenters. The lowest BCUT2D eigenvalue weighted by Gasteiger charge is -2.14. The lowest BCUT2D eigenvalue weighted by atomic mass is 10.0. The summed E-state index contributed by atoms with van der Waals surface area (Å²) in [4.78, 5) is 22.5. The number of carbonyl (C=O) groups excluding carboxylic acids is 2. The SMILES string of the molecule is O=CNc1ccc(CCC(=O)Oc2ccc(C(F)=C(c3ccc(Cl)cc3)C(F)(F)F)cc2)cc1F. The highest BCUT2D eigenvalue weighted by molar-refractivity contribution is 6.30. The normalized spacial score (nSPS) is 12.1. The highest BCUT2D eigenvalue weighted by atomic mass is 35.5. The highest BCUT2D eigenvalue weighted by Gasteiger charge is 2.38. The molecule has 10 heteroatoms. The molecule has 3 rings (SSSR count). The van der Waals surface area contributed by atoms with Crippen LogP contribution in [0.2, 0.25) is 5.02 Å². The van der Waals surface area contributed by atoms with Gasteiger partial charge in [0, 0.05) is 17.0 Å². The summed E-state index contributed by atoms with van der Waals surface area (Å²) in [7, 11) is 0. The predicted molar refractivity (Wildman–Crippen MR) is 122 cm³/mol. The third-order valence-electron chi connectivity index (χ3n) is 4.84. The third kappa shape index (κ3) is 6.89. The van der Waals surface area contributed by atoms with Gasteiger partial charge in [-0.15, -0.1) is 0 Å². The Hall–Kier alpha value is -3.72. The summed E-state index contributed by atoms with van der Waals surface area (Å²) >= 11 is 5.70. The van der Waals surface area contributed by atoms with Gasteiger partial charge in [0.15, 0.2) is 0 Å². The molecule has 0 saturated carbocycles. The number of nitrogens with one attached hydrogen (secondary N) is 1. The monoisotopic (exact) mass is 509 g/mol. The van der Waals surface area contributed by atoms with Crippen molar-refractivity contribution in [2.24, 2.45) is 0 Å². The molecule has 0 unspecified atom stereocenters. The molecule has 3 aromatic rings. The van der Waals surface area contributed by atoms with Crippen LogP contribution >= 0.6 is 11.6 Å². The quantitative estimate of drug-likeness (QED) is 0.117. The van der Waals surface area contributed by atoms with Gasteiger partial charge in [0.1, 0.15) is 17.4 Å². The molecule has 3 aromatic carbocycles. The second-order valence-corrected chi connectivity index (χ2v) is 7.70. The number of esters is 1. The van der Waals surface area contributed by atoms with Crippen LogP contribution in [0, 0.1) is 5.82 Å². The first-order valence-corrected chi connectivity index (χ1v) is 10.5. The summed E-state index contributed by atoms with van der Waals surface area (Å²) < 4.78 is 74.5. The van der Waals surface area contributed by atoms with Crippen molar-refractivity contribution >= 4 is 41.1 Å². The minimum atomic E-state index is -4.97. The summed E-state index contributed by atoms with van der Waals surface area (Å²) in [6, 6.07) is 13.1. The van der Waals surface area contributed by atoms with Crippen LogP contribution in [-0.4, -0.2) is 18.6 Å². The van der Waals surface area contributed by atoms with E-state index in [0.29, 0.717) is 12.0 Å². The van der Waals surface area contributed by atoms with Crippen LogP contribution in [-0.2, 0) is 16.0 Å². The fourth-order valence-electron chi connectivity index (χ4n) is 3.17. The topological polar surface area (TPSA) is 55.4 Å². The summed E-state index contributed by atoms with van der Waals surface area (Å²) in [5, 5.41) is 2.40. The number of hydrogen-bond acceptors (Lipinski definition) is 3. The molecule has 182 valence electrons. The number of ether oxygens (including phenoxy) is 1. The van der Waals surface area contributed by atoms with E-state index in [-0.39, 0.29) is 40.4 Å². The van der Waals surface area contributed by atoms with E-state index < -0.39 is 29.4 Å². The third-order valence-corrected chi connectivity index (χ3v) is 5.09. The maximum absolute atomic E-state index is 14.9. The van der Waals surface area contributed by atoms with Gasteiger partial charge in [-0.3, -0.25) is 9.59 Å². The molecular weight excluding hydrogens is 493 g/mol. The minimum absolute atomic E-state index is 0.00237. The summed E-state index contributed by atoms with van der Waals surface area (Å²) in [6.07, 6.45) is -4.61. The molecule has 0 aliphatic rings. The van der Waals surface area contributed by atoms with E-state index >= 15 is 0 Å². The van der Waals surface area contributed by atoms with Crippen molar-refractivity contribution in [3.05, 3.63) is 94.3 Å². The van der Waals surface area contributed by atoms with Crippen LogP contribution in [0.3, 0.4) is 0 Å². The van der Waals surface area contributed by atoms with Crippen LogP contribution in [0.1, 0.15) is 23.1 Å². The number of benzene rings is 3. The smallest absolute Gasteiger partial charge is 0.419 e. The lowest BCUT2D eigenvalue weighted by Crippen LogP contribution is -2.12.